The lowest BCUT2D eigenvalue weighted by Gasteiger charge is -2.05. The van der Waals surface area contributed by atoms with Crippen LogP contribution in [-0.4, -0.2) is 5.97 Å². The first-order chi connectivity index (χ1) is 12.6. The van der Waals surface area contributed by atoms with E-state index in [1.807, 2.05) is 42.5 Å². The first-order valence-corrected chi connectivity index (χ1v) is 8.25. The van der Waals surface area contributed by atoms with Gasteiger partial charge in [-0.1, -0.05) is 54.6 Å². The van der Waals surface area contributed by atoms with Crippen LogP contribution in [0.2, 0.25) is 0 Å². The smallest absolute Gasteiger partial charge is 0.331 e. The van der Waals surface area contributed by atoms with Crippen molar-refractivity contribution in [2.24, 2.45) is 0 Å². The second-order valence-electron chi connectivity index (χ2n) is 5.94. The quantitative estimate of drug-likeness (QED) is 0.411. The van der Waals surface area contributed by atoms with E-state index in [0.29, 0.717) is 11.4 Å². The summed E-state index contributed by atoms with van der Waals surface area (Å²) >= 11 is 0. The molecule has 0 fully saturated rings. The fourth-order valence-corrected chi connectivity index (χ4v) is 2.61. The number of nitrogen functional groups attached to an aromatic ring is 2. The number of hydrogen-bond donors (Lipinski definition) is 2. The highest BCUT2D eigenvalue weighted by Crippen LogP contribution is 2.19. The van der Waals surface area contributed by atoms with Gasteiger partial charge in [0.15, 0.2) is 0 Å². The Hall–Kier alpha value is -3.53. The van der Waals surface area contributed by atoms with Crippen molar-refractivity contribution in [2.45, 2.75) is 6.61 Å². The molecule has 0 saturated heterocycles. The standard InChI is InChI=1S/C22H20N2O2/c23-20-12-17(13-21(24)14-20)15-26-22(25)11-8-16-6-9-19(10-7-16)18-4-2-1-3-5-18/h1-14H,15,23-24H2. The van der Waals surface area contributed by atoms with Gasteiger partial charge in [-0.25, -0.2) is 4.79 Å². The highest BCUT2D eigenvalue weighted by molar-refractivity contribution is 5.87. The zero-order valence-electron chi connectivity index (χ0n) is 14.3. The second kappa shape index (κ2) is 8.03. The molecule has 0 spiro atoms. The molecular weight excluding hydrogens is 324 g/mol. The van der Waals surface area contributed by atoms with Crippen molar-refractivity contribution in [1.29, 1.82) is 0 Å². The summed E-state index contributed by atoms with van der Waals surface area (Å²) in [6.45, 7) is 0.130. The van der Waals surface area contributed by atoms with Gasteiger partial charge in [-0.15, -0.1) is 0 Å². The SMILES string of the molecule is Nc1cc(N)cc(COC(=O)C=Cc2ccc(-c3ccccc3)cc2)c1. The van der Waals surface area contributed by atoms with Gasteiger partial charge in [-0.05, 0) is 46.5 Å². The number of benzene rings is 3. The molecule has 0 atom stereocenters. The highest BCUT2D eigenvalue weighted by Gasteiger charge is 2.02. The number of carbonyl (C=O) groups is 1. The maximum Gasteiger partial charge on any atom is 0.331 e. The third-order valence-electron chi connectivity index (χ3n) is 3.85. The molecule has 0 radical (unpaired) electrons. The van der Waals surface area contributed by atoms with Crippen LogP contribution in [0.3, 0.4) is 0 Å². The molecule has 3 rings (SSSR count). The minimum absolute atomic E-state index is 0.130. The molecule has 4 nitrogen and oxygen atoms in total. The molecule has 0 amide bonds. The molecule has 3 aromatic carbocycles. The molecule has 0 heterocycles. The lowest BCUT2D eigenvalue weighted by molar-refractivity contribution is -0.138. The van der Waals surface area contributed by atoms with Crippen LogP contribution in [0.15, 0.2) is 78.9 Å². The molecule has 0 aliphatic carbocycles. The van der Waals surface area contributed by atoms with E-state index < -0.39 is 5.97 Å². The molecule has 0 aliphatic rings. The zero-order valence-corrected chi connectivity index (χ0v) is 14.3. The fraction of sp³-hybridized carbons (Fsp3) is 0.0455. The summed E-state index contributed by atoms with van der Waals surface area (Å²) in [4.78, 5) is 11.9. The number of hydrogen-bond acceptors (Lipinski definition) is 4. The lowest BCUT2D eigenvalue weighted by Crippen LogP contribution is -2.02. The molecule has 4 N–H and O–H groups in total. The Morgan fingerprint density at radius 1 is 0.846 bits per heavy atom. The van der Waals surface area contributed by atoms with E-state index in [9.17, 15) is 4.79 Å². The summed E-state index contributed by atoms with van der Waals surface area (Å²) in [5.74, 6) is -0.418. The Kier molecular flexibility index (Phi) is 5.34. The second-order valence-corrected chi connectivity index (χ2v) is 5.94. The van der Waals surface area contributed by atoms with Gasteiger partial charge >= 0.3 is 5.97 Å². The number of rotatable bonds is 5. The van der Waals surface area contributed by atoms with Crippen LogP contribution in [0.5, 0.6) is 0 Å². The summed E-state index contributed by atoms with van der Waals surface area (Å²) in [6, 6.07) is 23.2. The summed E-state index contributed by atoms with van der Waals surface area (Å²) in [5.41, 5.74) is 16.5. The minimum atomic E-state index is -0.418. The first kappa shape index (κ1) is 17.3. The molecule has 0 aromatic heterocycles. The van der Waals surface area contributed by atoms with Crippen LogP contribution in [0, 0.1) is 0 Å². The van der Waals surface area contributed by atoms with Crippen molar-refractivity contribution in [1.82, 2.24) is 0 Å². The number of carbonyl (C=O) groups excluding carboxylic acids is 1. The normalized spacial score (nSPS) is 10.8. The monoisotopic (exact) mass is 344 g/mol. The third kappa shape index (κ3) is 4.74. The Bertz CT molecular complexity index is 896. The minimum Gasteiger partial charge on any atom is -0.458 e. The Morgan fingerprint density at radius 2 is 1.46 bits per heavy atom. The van der Waals surface area contributed by atoms with Gasteiger partial charge in [0.05, 0.1) is 0 Å². The van der Waals surface area contributed by atoms with E-state index >= 15 is 0 Å². The Labute approximate surface area is 152 Å². The van der Waals surface area contributed by atoms with Gasteiger partial charge in [-0.3, -0.25) is 0 Å². The predicted molar refractivity (Wildman–Crippen MR) is 106 cm³/mol. The Balaban J connectivity index is 1.58. The van der Waals surface area contributed by atoms with Gasteiger partial charge in [0.25, 0.3) is 0 Å². The van der Waals surface area contributed by atoms with Crippen LogP contribution >= 0.6 is 0 Å². The van der Waals surface area contributed by atoms with Crippen molar-refractivity contribution in [2.75, 3.05) is 11.5 Å². The average molecular weight is 344 g/mol. The molecule has 0 aliphatic heterocycles. The fourth-order valence-electron chi connectivity index (χ4n) is 2.61. The largest absolute Gasteiger partial charge is 0.458 e. The van der Waals surface area contributed by atoms with Crippen LogP contribution in [0.4, 0.5) is 11.4 Å². The molecule has 0 bridgehead atoms. The maximum atomic E-state index is 11.9. The molecular formula is C22H20N2O2. The molecule has 26 heavy (non-hydrogen) atoms. The summed E-state index contributed by atoms with van der Waals surface area (Å²) in [6.07, 6.45) is 3.14. The van der Waals surface area contributed by atoms with Gasteiger partial charge < -0.3 is 16.2 Å². The number of nitrogens with two attached hydrogens (primary N) is 2. The van der Waals surface area contributed by atoms with E-state index in [1.54, 1.807) is 24.3 Å². The van der Waals surface area contributed by atoms with E-state index in [1.165, 1.54) is 6.08 Å². The van der Waals surface area contributed by atoms with Crippen molar-refractivity contribution in [3.63, 3.8) is 0 Å². The van der Waals surface area contributed by atoms with Crippen LogP contribution in [0.25, 0.3) is 17.2 Å². The predicted octanol–water partition coefficient (Wildman–Crippen LogP) is 4.27. The maximum absolute atomic E-state index is 11.9. The van der Waals surface area contributed by atoms with Crippen LogP contribution < -0.4 is 11.5 Å². The molecule has 0 saturated carbocycles. The molecule has 4 heteroatoms. The average Bonchev–Trinajstić information content (AvgIpc) is 2.65. The lowest BCUT2D eigenvalue weighted by atomic mass is 10.0. The van der Waals surface area contributed by atoms with E-state index in [2.05, 4.69) is 12.1 Å². The summed E-state index contributed by atoms with van der Waals surface area (Å²) in [7, 11) is 0. The topological polar surface area (TPSA) is 78.3 Å². The number of anilines is 2. The van der Waals surface area contributed by atoms with Crippen molar-refractivity contribution >= 4 is 23.4 Å². The zero-order chi connectivity index (χ0) is 18.4. The summed E-state index contributed by atoms with van der Waals surface area (Å²) in [5, 5.41) is 0. The molecule has 0 unspecified atom stereocenters. The highest BCUT2D eigenvalue weighted by atomic mass is 16.5. The number of ether oxygens (including phenoxy) is 1. The van der Waals surface area contributed by atoms with Crippen molar-refractivity contribution in [3.8, 4) is 11.1 Å². The van der Waals surface area contributed by atoms with E-state index in [0.717, 1.165) is 22.3 Å². The van der Waals surface area contributed by atoms with E-state index in [4.69, 9.17) is 16.2 Å². The van der Waals surface area contributed by atoms with Gasteiger partial charge in [0.1, 0.15) is 6.61 Å². The number of esters is 1. The van der Waals surface area contributed by atoms with E-state index in [-0.39, 0.29) is 6.61 Å². The first-order valence-electron chi connectivity index (χ1n) is 8.25. The Morgan fingerprint density at radius 3 is 2.12 bits per heavy atom. The molecule has 3 aromatic rings. The molecule has 130 valence electrons. The summed E-state index contributed by atoms with van der Waals surface area (Å²) < 4.78 is 5.22. The van der Waals surface area contributed by atoms with Crippen LogP contribution in [-0.2, 0) is 16.1 Å². The van der Waals surface area contributed by atoms with Crippen molar-refractivity contribution in [3.05, 3.63) is 90.0 Å². The van der Waals surface area contributed by atoms with Gasteiger partial charge in [0.2, 0.25) is 0 Å². The van der Waals surface area contributed by atoms with Gasteiger partial charge in [-0.2, -0.15) is 0 Å². The van der Waals surface area contributed by atoms with Crippen LogP contribution in [0.1, 0.15) is 11.1 Å². The third-order valence-corrected chi connectivity index (χ3v) is 3.85. The van der Waals surface area contributed by atoms with Crippen molar-refractivity contribution < 1.29 is 9.53 Å². The van der Waals surface area contributed by atoms with Gasteiger partial charge in [0, 0.05) is 17.5 Å².